The fraction of sp³-hybridized carbons (Fsp3) is 0.500. The molecule has 0 aromatic heterocycles. The molecule has 6 nitrogen and oxygen atoms in total. The number of fused-ring (bicyclic) bond motifs is 1. The highest BCUT2D eigenvalue weighted by Crippen LogP contribution is 2.36. The highest BCUT2D eigenvalue weighted by Gasteiger charge is 2.47. The van der Waals surface area contributed by atoms with Gasteiger partial charge in [0, 0.05) is 43.7 Å². The van der Waals surface area contributed by atoms with Gasteiger partial charge in [0.15, 0.2) is 5.41 Å². The average Bonchev–Trinajstić information content (AvgIpc) is 2.90. The monoisotopic (exact) mass is 340 g/mol. The van der Waals surface area contributed by atoms with Gasteiger partial charge in [-0.3, -0.25) is 9.59 Å². The number of nitrogens with zero attached hydrogens (tertiary/aromatic N) is 1. The van der Waals surface area contributed by atoms with E-state index in [0.29, 0.717) is 13.2 Å². The third kappa shape index (κ3) is 3.01. The van der Waals surface area contributed by atoms with Crippen molar-refractivity contribution >= 4 is 35.7 Å². The van der Waals surface area contributed by atoms with Crippen molar-refractivity contribution in [3.05, 3.63) is 23.8 Å². The zero-order valence-corrected chi connectivity index (χ0v) is 13.8. The van der Waals surface area contributed by atoms with E-state index < -0.39 is 17.3 Å². The molecule has 2 aliphatic heterocycles. The van der Waals surface area contributed by atoms with E-state index in [0.717, 1.165) is 29.9 Å². The standard InChI is InChI=1S/C16H20N2O4.ClH/c1-18-8-5-11-12(3-2-4-13(11)18)17-14(19)16(15(20)21)6-9-22-10-7-16;/h2-4H,5-10H2,1H3,(H,17,19)(H,20,21);1H. The van der Waals surface area contributed by atoms with Gasteiger partial charge >= 0.3 is 5.97 Å². The van der Waals surface area contributed by atoms with Gasteiger partial charge in [-0.2, -0.15) is 0 Å². The highest BCUT2D eigenvalue weighted by molar-refractivity contribution is 6.09. The number of hydrogen-bond donors (Lipinski definition) is 2. The Morgan fingerprint density at radius 3 is 2.65 bits per heavy atom. The number of carboxylic acids is 1. The van der Waals surface area contributed by atoms with Crippen LogP contribution in [0.2, 0.25) is 0 Å². The number of carboxylic acid groups (broad SMARTS) is 1. The lowest BCUT2D eigenvalue weighted by Crippen LogP contribution is -2.47. The molecule has 3 rings (SSSR count). The summed E-state index contributed by atoms with van der Waals surface area (Å²) >= 11 is 0. The second-order valence-electron chi connectivity index (χ2n) is 5.93. The van der Waals surface area contributed by atoms with E-state index in [1.165, 1.54) is 0 Å². The predicted octanol–water partition coefficient (Wildman–Crippen LogP) is 1.92. The van der Waals surface area contributed by atoms with E-state index in [2.05, 4.69) is 10.2 Å². The van der Waals surface area contributed by atoms with Crippen LogP contribution in [0.5, 0.6) is 0 Å². The Labute approximate surface area is 141 Å². The molecular formula is C16H21ClN2O4. The maximum atomic E-state index is 12.7. The molecule has 2 N–H and O–H groups in total. The summed E-state index contributed by atoms with van der Waals surface area (Å²) in [6, 6.07) is 5.73. The predicted molar refractivity (Wildman–Crippen MR) is 89.4 cm³/mol. The van der Waals surface area contributed by atoms with Gasteiger partial charge in [0.05, 0.1) is 0 Å². The van der Waals surface area contributed by atoms with Crippen LogP contribution in [0.25, 0.3) is 0 Å². The van der Waals surface area contributed by atoms with E-state index in [4.69, 9.17) is 4.74 Å². The molecule has 7 heteroatoms. The van der Waals surface area contributed by atoms with E-state index in [9.17, 15) is 14.7 Å². The number of nitrogens with one attached hydrogen (secondary N) is 1. The summed E-state index contributed by atoms with van der Waals surface area (Å²) in [5, 5.41) is 12.4. The van der Waals surface area contributed by atoms with Gasteiger partial charge in [-0.05, 0) is 31.4 Å². The lowest BCUT2D eigenvalue weighted by Gasteiger charge is -2.31. The van der Waals surface area contributed by atoms with Crippen LogP contribution >= 0.6 is 12.4 Å². The van der Waals surface area contributed by atoms with E-state index >= 15 is 0 Å². The van der Waals surface area contributed by atoms with Crippen LogP contribution in [-0.2, 0) is 20.7 Å². The van der Waals surface area contributed by atoms with Crippen molar-refractivity contribution in [2.45, 2.75) is 19.3 Å². The number of benzene rings is 1. The molecule has 0 bridgehead atoms. The molecular weight excluding hydrogens is 320 g/mol. The summed E-state index contributed by atoms with van der Waals surface area (Å²) in [4.78, 5) is 26.5. The number of likely N-dealkylation sites (N-methyl/N-ethyl adjacent to an activating group) is 1. The number of rotatable bonds is 3. The summed E-state index contributed by atoms with van der Waals surface area (Å²) in [6.07, 6.45) is 1.28. The van der Waals surface area contributed by atoms with Gasteiger partial charge in [-0.15, -0.1) is 12.4 Å². The average molecular weight is 341 g/mol. The molecule has 0 saturated carbocycles. The van der Waals surface area contributed by atoms with Gasteiger partial charge in [0.2, 0.25) is 5.91 Å². The van der Waals surface area contributed by atoms with Crippen LogP contribution in [0.3, 0.4) is 0 Å². The molecule has 0 unspecified atom stereocenters. The minimum Gasteiger partial charge on any atom is -0.480 e. The number of aliphatic carboxylic acids is 1. The lowest BCUT2D eigenvalue weighted by molar-refractivity contribution is -0.160. The first-order valence-electron chi connectivity index (χ1n) is 7.50. The van der Waals surface area contributed by atoms with Gasteiger partial charge in [0.1, 0.15) is 0 Å². The molecule has 0 aliphatic carbocycles. The van der Waals surface area contributed by atoms with Crippen LogP contribution in [-0.4, -0.2) is 43.8 Å². The fourth-order valence-corrected chi connectivity index (χ4v) is 3.21. The Morgan fingerprint density at radius 1 is 1.30 bits per heavy atom. The molecule has 0 spiro atoms. The van der Waals surface area contributed by atoms with Crippen molar-refractivity contribution in [2.24, 2.45) is 5.41 Å². The summed E-state index contributed by atoms with van der Waals surface area (Å²) in [6.45, 7) is 1.50. The summed E-state index contributed by atoms with van der Waals surface area (Å²) in [7, 11) is 2.01. The van der Waals surface area contributed by atoms with Crippen molar-refractivity contribution in [1.82, 2.24) is 0 Å². The molecule has 1 aromatic rings. The lowest BCUT2D eigenvalue weighted by atomic mass is 9.79. The molecule has 2 heterocycles. The Balaban J connectivity index is 0.00000192. The van der Waals surface area contributed by atoms with E-state index in [1.54, 1.807) is 0 Å². The SMILES string of the molecule is CN1CCc2c(NC(=O)C3(C(=O)O)CCOCC3)cccc21.Cl. The first-order valence-corrected chi connectivity index (χ1v) is 7.50. The van der Waals surface area contributed by atoms with Crippen molar-refractivity contribution in [3.8, 4) is 0 Å². The number of carbonyl (C=O) groups is 2. The number of hydrogen-bond acceptors (Lipinski definition) is 4. The van der Waals surface area contributed by atoms with Crippen molar-refractivity contribution in [1.29, 1.82) is 0 Å². The fourth-order valence-electron chi connectivity index (χ4n) is 3.21. The Bertz CT molecular complexity index is 614. The van der Waals surface area contributed by atoms with Gasteiger partial charge in [-0.1, -0.05) is 6.07 Å². The minimum absolute atomic E-state index is 0. The zero-order valence-electron chi connectivity index (χ0n) is 13.0. The summed E-state index contributed by atoms with van der Waals surface area (Å²) < 4.78 is 5.21. The van der Waals surface area contributed by atoms with Crippen molar-refractivity contribution in [2.75, 3.05) is 37.0 Å². The number of ether oxygens (including phenoxy) is 1. The van der Waals surface area contributed by atoms with E-state index in [-0.39, 0.29) is 25.2 Å². The molecule has 0 atom stereocenters. The normalized spacial score (nSPS) is 18.7. The molecule has 1 saturated heterocycles. The second kappa shape index (κ2) is 6.76. The van der Waals surface area contributed by atoms with Gasteiger partial charge < -0.3 is 20.1 Å². The van der Waals surface area contributed by atoms with Crippen LogP contribution in [0.4, 0.5) is 11.4 Å². The maximum absolute atomic E-state index is 12.7. The van der Waals surface area contributed by atoms with Crippen LogP contribution in [0.15, 0.2) is 18.2 Å². The third-order valence-corrected chi connectivity index (χ3v) is 4.70. The Kier molecular flexibility index (Phi) is 5.16. The highest BCUT2D eigenvalue weighted by atomic mass is 35.5. The topological polar surface area (TPSA) is 78.9 Å². The maximum Gasteiger partial charge on any atom is 0.319 e. The largest absolute Gasteiger partial charge is 0.480 e. The zero-order chi connectivity index (χ0) is 15.7. The van der Waals surface area contributed by atoms with Gasteiger partial charge in [-0.25, -0.2) is 0 Å². The number of carbonyl (C=O) groups excluding carboxylic acids is 1. The van der Waals surface area contributed by atoms with Crippen molar-refractivity contribution in [3.63, 3.8) is 0 Å². The molecule has 1 amide bonds. The van der Waals surface area contributed by atoms with Crippen LogP contribution < -0.4 is 10.2 Å². The van der Waals surface area contributed by atoms with Gasteiger partial charge in [0.25, 0.3) is 0 Å². The smallest absolute Gasteiger partial charge is 0.319 e. The minimum atomic E-state index is -1.38. The molecule has 23 heavy (non-hydrogen) atoms. The Hall–Kier alpha value is -1.79. The van der Waals surface area contributed by atoms with E-state index in [1.807, 2.05) is 25.2 Å². The molecule has 126 valence electrons. The molecule has 1 fully saturated rings. The first kappa shape index (κ1) is 17.6. The number of amides is 1. The molecule has 2 aliphatic rings. The Morgan fingerprint density at radius 2 is 2.00 bits per heavy atom. The summed E-state index contributed by atoms with van der Waals surface area (Å²) in [5.74, 6) is -1.51. The second-order valence-corrected chi connectivity index (χ2v) is 5.93. The summed E-state index contributed by atoms with van der Waals surface area (Å²) in [5.41, 5.74) is 1.50. The molecule has 1 aromatic carbocycles. The third-order valence-electron chi connectivity index (χ3n) is 4.70. The number of anilines is 2. The van der Waals surface area contributed by atoms with Crippen LogP contribution in [0.1, 0.15) is 18.4 Å². The number of halogens is 1. The van der Waals surface area contributed by atoms with Crippen LogP contribution in [0, 0.1) is 5.41 Å². The molecule has 0 radical (unpaired) electrons. The first-order chi connectivity index (χ1) is 10.5. The van der Waals surface area contributed by atoms with Crippen molar-refractivity contribution < 1.29 is 19.4 Å². The quantitative estimate of drug-likeness (QED) is 0.822.